The highest BCUT2D eigenvalue weighted by Crippen LogP contribution is 2.63. The van der Waals surface area contributed by atoms with Crippen molar-refractivity contribution in [3.8, 4) is 16.9 Å². The van der Waals surface area contributed by atoms with Gasteiger partial charge < -0.3 is 14.7 Å². The molecule has 7 rings (SSSR count). The zero-order chi connectivity index (χ0) is 24.4. The van der Waals surface area contributed by atoms with Gasteiger partial charge in [0.15, 0.2) is 0 Å². The second kappa shape index (κ2) is 8.15. The third-order valence-electron chi connectivity index (χ3n) is 8.68. The Bertz CT molecular complexity index is 1140. The summed E-state index contributed by atoms with van der Waals surface area (Å²) >= 11 is 0. The molecular formula is C27H29F3N2O3. The van der Waals surface area contributed by atoms with Crippen molar-refractivity contribution in [3.05, 3.63) is 53.6 Å². The monoisotopic (exact) mass is 486 g/mol. The topological polar surface area (TPSA) is 53.0 Å². The van der Waals surface area contributed by atoms with Crippen LogP contribution in [-0.2, 0) is 6.42 Å². The molecule has 1 saturated carbocycles. The first-order valence-electron chi connectivity index (χ1n) is 12.5. The van der Waals surface area contributed by atoms with Gasteiger partial charge in [-0.15, -0.1) is 13.2 Å². The van der Waals surface area contributed by atoms with Gasteiger partial charge in [-0.1, -0.05) is 30.3 Å². The Balaban J connectivity index is 1.35. The molecule has 2 atom stereocenters. The number of halogens is 3. The molecule has 5 aliphatic rings. The Hall–Kier alpha value is -2.74. The summed E-state index contributed by atoms with van der Waals surface area (Å²) in [5.41, 5.74) is 3.63. The fourth-order valence-electron chi connectivity index (χ4n) is 6.81. The minimum Gasteiger partial charge on any atom is -0.465 e. The Labute approximate surface area is 202 Å². The molecule has 0 radical (unpaired) electrons. The van der Waals surface area contributed by atoms with E-state index >= 15 is 0 Å². The van der Waals surface area contributed by atoms with E-state index in [1.54, 1.807) is 17.0 Å². The predicted molar refractivity (Wildman–Crippen MR) is 124 cm³/mol. The molecule has 4 fully saturated rings. The molecular weight excluding hydrogens is 457 g/mol. The van der Waals surface area contributed by atoms with E-state index < -0.39 is 12.5 Å². The van der Waals surface area contributed by atoms with Gasteiger partial charge in [0.05, 0.1) is 12.1 Å². The number of benzene rings is 2. The summed E-state index contributed by atoms with van der Waals surface area (Å²) in [4.78, 5) is 16.9. The molecule has 2 aromatic rings. The van der Waals surface area contributed by atoms with E-state index in [9.17, 15) is 23.1 Å². The molecule has 1 N–H and O–H groups in total. The van der Waals surface area contributed by atoms with Crippen LogP contribution in [0.4, 0.5) is 18.0 Å². The smallest absolute Gasteiger partial charge is 0.465 e. The number of nitrogens with zero attached hydrogens (tertiary/aromatic N) is 2. The van der Waals surface area contributed by atoms with Crippen molar-refractivity contribution in [2.75, 3.05) is 19.6 Å². The van der Waals surface area contributed by atoms with Gasteiger partial charge in [0, 0.05) is 6.54 Å². The second-order valence-electron chi connectivity index (χ2n) is 10.6. The molecule has 3 aliphatic heterocycles. The lowest BCUT2D eigenvalue weighted by atomic mass is 9.73. The number of carbonyl (C=O) groups is 1. The molecule has 186 valence electrons. The number of ether oxygens (including phenoxy) is 1. The van der Waals surface area contributed by atoms with Crippen LogP contribution in [0.15, 0.2) is 42.5 Å². The number of amides is 1. The Morgan fingerprint density at radius 2 is 1.80 bits per heavy atom. The molecule has 1 amide bonds. The van der Waals surface area contributed by atoms with Crippen molar-refractivity contribution >= 4 is 6.09 Å². The van der Waals surface area contributed by atoms with Crippen LogP contribution in [-0.4, -0.2) is 53.0 Å². The van der Waals surface area contributed by atoms with Crippen molar-refractivity contribution in [2.45, 2.75) is 57.0 Å². The molecule has 3 saturated heterocycles. The van der Waals surface area contributed by atoms with E-state index in [1.165, 1.54) is 12.1 Å². The van der Waals surface area contributed by atoms with Crippen LogP contribution < -0.4 is 4.74 Å². The number of hydrogen-bond acceptors (Lipinski definition) is 3. The summed E-state index contributed by atoms with van der Waals surface area (Å²) < 4.78 is 42.2. The van der Waals surface area contributed by atoms with Crippen LogP contribution >= 0.6 is 0 Å². The third kappa shape index (κ3) is 4.15. The SMILES string of the molecule is O=C(O)N(C1CN2CCC1CC2)[C@@H]1c2ccc(-c3cccc(OC(F)(F)F)c3)cc2CCC12CC2. The van der Waals surface area contributed by atoms with Crippen molar-refractivity contribution in [1.29, 1.82) is 0 Å². The quantitative estimate of drug-likeness (QED) is 0.568. The van der Waals surface area contributed by atoms with E-state index in [1.807, 2.05) is 18.2 Å². The van der Waals surface area contributed by atoms with Crippen LogP contribution in [0.1, 0.15) is 49.3 Å². The number of fused-ring (bicyclic) bond motifs is 4. The fourth-order valence-corrected chi connectivity index (χ4v) is 6.81. The molecule has 0 aromatic heterocycles. The van der Waals surface area contributed by atoms with E-state index in [4.69, 9.17) is 0 Å². The van der Waals surface area contributed by atoms with Crippen LogP contribution in [0.2, 0.25) is 0 Å². The highest BCUT2D eigenvalue weighted by atomic mass is 19.4. The zero-order valence-electron chi connectivity index (χ0n) is 19.4. The Kier molecular flexibility index (Phi) is 5.29. The molecule has 1 unspecified atom stereocenters. The van der Waals surface area contributed by atoms with E-state index in [0.29, 0.717) is 11.5 Å². The highest BCUT2D eigenvalue weighted by Gasteiger charge is 2.57. The standard InChI is InChI=1S/C27H29F3N2O3/c28-27(29,30)35-21-3-1-2-18(15-21)19-4-5-22-20(14-19)6-9-26(10-11-26)24(22)32(25(33)34)23-16-31-12-7-17(23)8-13-31/h1-5,14-15,17,23-24H,6-13,16H2,(H,33,34)/t23?,24-/m1/s1. The van der Waals surface area contributed by atoms with Crippen molar-refractivity contribution in [2.24, 2.45) is 11.3 Å². The molecule has 2 aliphatic carbocycles. The largest absolute Gasteiger partial charge is 0.573 e. The average Bonchev–Trinajstić information content (AvgIpc) is 3.60. The molecule has 1 spiro atoms. The van der Waals surface area contributed by atoms with Crippen molar-refractivity contribution < 1.29 is 27.8 Å². The maximum Gasteiger partial charge on any atom is 0.573 e. The molecule has 2 bridgehead atoms. The second-order valence-corrected chi connectivity index (χ2v) is 10.6. The first-order valence-corrected chi connectivity index (χ1v) is 12.5. The van der Waals surface area contributed by atoms with Gasteiger partial charge >= 0.3 is 12.5 Å². The lowest BCUT2D eigenvalue weighted by Crippen LogP contribution is -2.60. The maximum atomic E-state index is 12.7. The normalized spacial score (nSPS) is 28.4. The zero-order valence-corrected chi connectivity index (χ0v) is 19.4. The van der Waals surface area contributed by atoms with Gasteiger partial charge in [-0.3, -0.25) is 4.90 Å². The number of hydrogen-bond donors (Lipinski definition) is 1. The molecule has 35 heavy (non-hydrogen) atoms. The minimum absolute atomic E-state index is 0.0132. The summed E-state index contributed by atoms with van der Waals surface area (Å²) in [7, 11) is 0. The number of piperidine rings is 3. The van der Waals surface area contributed by atoms with Gasteiger partial charge in [0.2, 0.25) is 0 Å². The average molecular weight is 487 g/mol. The predicted octanol–water partition coefficient (Wildman–Crippen LogP) is 6.09. The van der Waals surface area contributed by atoms with Gasteiger partial charge in [0.25, 0.3) is 0 Å². The summed E-state index contributed by atoms with van der Waals surface area (Å²) in [6.45, 7) is 2.92. The Morgan fingerprint density at radius 1 is 1.06 bits per heavy atom. The van der Waals surface area contributed by atoms with E-state index in [0.717, 1.165) is 74.8 Å². The van der Waals surface area contributed by atoms with Crippen LogP contribution in [0.25, 0.3) is 11.1 Å². The summed E-state index contributed by atoms with van der Waals surface area (Å²) in [6, 6.07) is 11.8. The van der Waals surface area contributed by atoms with Gasteiger partial charge in [0.1, 0.15) is 5.75 Å². The third-order valence-corrected chi connectivity index (χ3v) is 8.68. The summed E-state index contributed by atoms with van der Waals surface area (Å²) in [6.07, 6.45) is 0.403. The maximum absolute atomic E-state index is 12.7. The number of aryl methyl sites for hydroxylation is 1. The van der Waals surface area contributed by atoms with Gasteiger partial charge in [-0.25, -0.2) is 4.79 Å². The Morgan fingerprint density at radius 3 is 2.43 bits per heavy atom. The van der Waals surface area contributed by atoms with Crippen LogP contribution in [0.5, 0.6) is 5.75 Å². The number of carboxylic acid groups (broad SMARTS) is 1. The number of alkyl halides is 3. The van der Waals surface area contributed by atoms with Gasteiger partial charge in [-0.2, -0.15) is 0 Å². The minimum atomic E-state index is -4.74. The number of rotatable bonds is 4. The molecule has 8 heteroatoms. The van der Waals surface area contributed by atoms with Crippen molar-refractivity contribution in [1.82, 2.24) is 9.80 Å². The summed E-state index contributed by atoms with van der Waals surface area (Å²) in [5, 5.41) is 10.4. The highest BCUT2D eigenvalue weighted by molar-refractivity contribution is 5.69. The van der Waals surface area contributed by atoms with Crippen molar-refractivity contribution in [3.63, 3.8) is 0 Å². The van der Waals surface area contributed by atoms with E-state index in [2.05, 4.69) is 9.64 Å². The van der Waals surface area contributed by atoms with Crippen LogP contribution in [0, 0.1) is 11.3 Å². The molecule has 3 heterocycles. The molecule has 5 nitrogen and oxygen atoms in total. The van der Waals surface area contributed by atoms with Crippen LogP contribution in [0.3, 0.4) is 0 Å². The first-order chi connectivity index (χ1) is 16.7. The first kappa shape index (κ1) is 22.7. The molecule has 2 aromatic carbocycles. The lowest BCUT2D eigenvalue weighted by Gasteiger charge is -2.52. The van der Waals surface area contributed by atoms with Gasteiger partial charge in [-0.05, 0) is 97.3 Å². The summed E-state index contributed by atoms with van der Waals surface area (Å²) in [5.74, 6) is 0.162. The lowest BCUT2D eigenvalue weighted by molar-refractivity contribution is -0.274. The fraction of sp³-hybridized carbons (Fsp3) is 0.519. The van der Waals surface area contributed by atoms with E-state index in [-0.39, 0.29) is 23.2 Å².